The van der Waals surface area contributed by atoms with Crippen molar-refractivity contribution in [2.75, 3.05) is 19.8 Å². The van der Waals surface area contributed by atoms with Gasteiger partial charge in [0.1, 0.15) is 6.54 Å². The fraction of sp³-hybridized carbons (Fsp3) is 0.455. The molecule has 1 N–H and O–H groups in total. The van der Waals surface area contributed by atoms with E-state index in [-0.39, 0.29) is 25.7 Å². The molecule has 0 amide bonds. The van der Waals surface area contributed by atoms with Crippen molar-refractivity contribution in [1.29, 1.82) is 0 Å². The molecule has 0 spiro atoms. The summed E-state index contributed by atoms with van der Waals surface area (Å²) in [4.78, 5) is 23.6. The van der Waals surface area contributed by atoms with E-state index < -0.39 is 5.97 Å². The number of carbonyl (C=O) groups is 2. The Labute approximate surface area is 105 Å². The van der Waals surface area contributed by atoms with Gasteiger partial charge in [-0.2, -0.15) is 0 Å². The molecule has 0 aliphatic rings. The predicted octanol–water partition coefficient (Wildman–Crippen LogP) is 0.233. The van der Waals surface area contributed by atoms with Crippen LogP contribution in [0.1, 0.15) is 13.3 Å². The van der Waals surface area contributed by atoms with Crippen molar-refractivity contribution in [2.24, 2.45) is 0 Å². The Kier molecular flexibility index (Phi) is 9.74. The van der Waals surface area contributed by atoms with Gasteiger partial charge in [0.2, 0.25) is 0 Å². The van der Waals surface area contributed by atoms with E-state index in [0.29, 0.717) is 6.42 Å². The largest absolute Gasteiger partial charge is 0.452 e. The molecule has 92 valence electrons. The zero-order chi connectivity index (χ0) is 12.9. The van der Waals surface area contributed by atoms with Crippen LogP contribution in [-0.4, -0.2) is 31.7 Å². The molecule has 0 bridgehead atoms. The normalized spacial score (nSPS) is 8.12. The maximum absolute atomic E-state index is 10.8. The van der Waals surface area contributed by atoms with Gasteiger partial charge in [0.15, 0.2) is 13.2 Å². The molecular formula is C11H12ClNO4. The number of nitrogens with one attached hydrogen (secondary N) is 1. The molecule has 0 aromatic carbocycles. The van der Waals surface area contributed by atoms with Gasteiger partial charge in [-0.1, -0.05) is 6.92 Å². The highest BCUT2D eigenvalue weighted by molar-refractivity contribution is 6.14. The van der Waals surface area contributed by atoms with Crippen molar-refractivity contribution in [1.82, 2.24) is 4.84 Å². The number of hydrogen-bond donors (Lipinski definition) is 1. The van der Waals surface area contributed by atoms with E-state index in [9.17, 15) is 9.59 Å². The third-order valence-electron chi connectivity index (χ3n) is 1.35. The average molecular weight is 258 g/mol. The van der Waals surface area contributed by atoms with Crippen LogP contribution in [0.2, 0.25) is 0 Å². The summed E-state index contributed by atoms with van der Waals surface area (Å²) in [6.45, 7) is 1.57. The van der Waals surface area contributed by atoms with E-state index >= 15 is 0 Å². The van der Waals surface area contributed by atoms with Crippen LogP contribution in [-0.2, 0) is 19.1 Å². The zero-order valence-electron chi connectivity index (χ0n) is 9.34. The molecule has 0 aromatic heterocycles. The van der Waals surface area contributed by atoms with E-state index in [1.807, 2.05) is 0 Å². The summed E-state index contributed by atoms with van der Waals surface area (Å²) in [6.07, 6.45) is 0.317. The molecule has 0 aromatic rings. The minimum absolute atomic E-state index is 0.0112. The smallest absolute Gasteiger partial charge is 0.322 e. The van der Waals surface area contributed by atoms with Crippen molar-refractivity contribution in [2.45, 2.75) is 13.3 Å². The van der Waals surface area contributed by atoms with Gasteiger partial charge in [0.25, 0.3) is 0 Å². The number of esters is 2. The Hall–Kier alpha value is -1.69. The quantitative estimate of drug-likeness (QED) is 0.434. The molecule has 0 heterocycles. The maximum Gasteiger partial charge on any atom is 0.322 e. The van der Waals surface area contributed by atoms with E-state index in [0.717, 1.165) is 0 Å². The summed E-state index contributed by atoms with van der Waals surface area (Å²) >= 11 is 5.08. The van der Waals surface area contributed by atoms with Gasteiger partial charge in [-0.05, 0) is 35.5 Å². The summed E-state index contributed by atoms with van der Waals surface area (Å²) in [7, 11) is 0. The highest BCUT2D eigenvalue weighted by Crippen LogP contribution is 1.81. The second kappa shape index (κ2) is 10.8. The monoisotopic (exact) mass is 257 g/mol. The molecule has 0 radical (unpaired) electrons. The first-order valence-corrected chi connectivity index (χ1v) is 5.19. The molecule has 0 saturated heterocycles. The molecule has 0 aliphatic carbocycles. The van der Waals surface area contributed by atoms with Crippen LogP contribution in [0.3, 0.4) is 0 Å². The molecule has 0 fully saturated rings. The average Bonchev–Trinajstić information content (AvgIpc) is 2.32. The van der Waals surface area contributed by atoms with Gasteiger partial charge in [0, 0.05) is 6.42 Å². The van der Waals surface area contributed by atoms with Crippen molar-refractivity contribution in [3.8, 4) is 23.7 Å². The second-order valence-corrected chi connectivity index (χ2v) is 2.86. The van der Waals surface area contributed by atoms with Crippen molar-refractivity contribution in [3.63, 3.8) is 0 Å². The Bertz CT molecular complexity index is 372. The first-order chi connectivity index (χ1) is 8.20. The number of halogens is 1. The first-order valence-electron chi connectivity index (χ1n) is 4.81. The van der Waals surface area contributed by atoms with Crippen LogP contribution >= 0.6 is 11.8 Å². The maximum atomic E-state index is 10.8. The Morgan fingerprint density at radius 2 is 1.65 bits per heavy atom. The van der Waals surface area contributed by atoms with Crippen LogP contribution in [0.25, 0.3) is 0 Å². The minimum Gasteiger partial charge on any atom is -0.452 e. The lowest BCUT2D eigenvalue weighted by atomic mass is 10.5. The molecule has 5 nitrogen and oxygen atoms in total. The molecule has 0 aliphatic heterocycles. The lowest BCUT2D eigenvalue weighted by molar-refractivity contribution is -0.142. The van der Waals surface area contributed by atoms with E-state index in [4.69, 9.17) is 11.8 Å². The summed E-state index contributed by atoms with van der Waals surface area (Å²) in [5.74, 6) is 9.10. The molecule has 6 heteroatoms. The zero-order valence-corrected chi connectivity index (χ0v) is 10.1. The van der Waals surface area contributed by atoms with Crippen LogP contribution in [0, 0.1) is 23.7 Å². The third kappa shape index (κ3) is 10.6. The van der Waals surface area contributed by atoms with Gasteiger partial charge in [-0.15, -0.1) is 0 Å². The molecule has 0 saturated carbocycles. The highest BCUT2D eigenvalue weighted by Gasteiger charge is 1.97. The van der Waals surface area contributed by atoms with Crippen molar-refractivity contribution >= 4 is 23.7 Å². The Balaban J connectivity index is 3.64. The highest BCUT2D eigenvalue weighted by atomic mass is 35.5. The SMILES string of the molecule is CCC(=O)OCC#CC#CCOC(=O)CNCl. The van der Waals surface area contributed by atoms with Crippen LogP contribution in [0.15, 0.2) is 0 Å². The Morgan fingerprint density at radius 3 is 2.12 bits per heavy atom. The summed E-state index contributed by atoms with van der Waals surface area (Å²) in [6, 6.07) is 0. The number of rotatable bonds is 5. The molecule has 0 rings (SSSR count). The van der Waals surface area contributed by atoms with E-state index in [1.165, 1.54) is 0 Å². The lowest BCUT2D eigenvalue weighted by Crippen LogP contribution is -2.17. The van der Waals surface area contributed by atoms with Crippen molar-refractivity contribution in [3.05, 3.63) is 0 Å². The number of hydrogen-bond acceptors (Lipinski definition) is 5. The summed E-state index contributed by atoms with van der Waals surface area (Å²) in [5, 5.41) is 0. The number of carbonyl (C=O) groups excluding carboxylic acids is 2. The standard InChI is InChI=1S/C11H12ClNO4/c1-2-10(14)16-7-5-3-4-6-8-17-11(15)9-13-12/h13H,2,7-9H2,1H3. The van der Waals surface area contributed by atoms with Crippen LogP contribution in [0.5, 0.6) is 0 Å². The topological polar surface area (TPSA) is 64.6 Å². The molecule has 0 unspecified atom stereocenters. The predicted molar refractivity (Wildman–Crippen MR) is 61.6 cm³/mol. The molecular weight excluding hydrogens is 246 g/mol. The van der Waals surface area contributed by atoms with Gasteiger partial charge in [0.05, 0.1) is 0 Å². The van der Waals surface area contributed by atoms with Gasteiger partial charge < -0.3 is 9.47 Å². The van der Waals surface area contributed by atoms with E-state index in [1.54, 1.807) is 6.92 Å². The first kappa shape index (κ1) is 15.3. The van der Waals surface area contributed by atoms with E-state index in [2.05, 4.69) is 38.0 Å². The number of ether oxygens (including phenoxy) is 2. The second-order valence-electron chi connectivity index (χ2n) is 2.59. The lowest BCUT2D eigenvalue weighted by Gasteiger charge is -1.96. The fourth-order valence-electron chi connectivity index (χ4n) is 0.601. The van der Waals surface area contributed by atoms with Gasteiger partial charge in [-0.25, -0.2) is 4.84 Å². The van der Waals surface area contributed by atoms with Crippen LogP contribution in [0.4, 0.5) is 0 Å². The summed E-state index contributed by atoms with van der Waals surface area (Å²) in [5.41, 5.74) is 0. The molecule has 0 atom stereocenters. The minimum atomic E-state index is -0.501. The fourth-order valence-corrected chi connectivity index (χ4v) is 0.710. The van der Waals surface area contributed by atoms with Gasteiger partial charge >= 0.3 is 11.9 Å². The molecule has 17 heavy (non-hydrogen) atoms. The summed E-state index contributed by atoms with van der Waals surface area (Å²) < 4.78 is 9.31. The Morgan fingerprint density at radius 1 is 1.12 bits per heavy atom. The van der Waals surface area contributed by atoms with Gasteiger partial charge in [-0.3, -0.25) is 9.59 Å². The van der Waals surface area contributed by atoms with Crippen LogP contribution < -0.4 is 4.84 Å². The van der Waals surface area contributed by atoms with Crippen molar-refractivity contribution < 1.29 is 19.1 Å². The third-order valence-corrected chi connectivity index (χ3v) is 1.48.